The minimum atomic E-state index is 0.551. The highest BCUT2D eigenvalue weighted by atomic mass is 32.1. The van der Waals surface area contributed by atoms with E-state index in [2.05, 4.69) is 44.0 Å². The van der Waals surface area contributed by atoms with E-state index in [-0.39, 0.29) is 0 Å². The Bertz CT molecular complexity index is 500. The molecule has 106 valence electrons. The van der Waals surface area contributed by atoms with Crippen molar-refractivity contribution >= 4 is 17.2 Å². The first-order chi connectivity index (χ1) is 9.93. The van der Waals surface area contributed by atoms with Crippen LogP contribution in [0.2, 0.25) is 0 Å². The summed E-state index contributed by atoms with van der Waals surface area (Å²) in [5.74, 6) is 1.01. The van der Waals surface area contributed by atoms with Crippen LogP contribution in [-0.2, 0) is 6.42 Å². The molecule has 3 rings (SSSR count). The summed E-state index contributed by atoms with van der Waals surface area (Å²) in [7, 11) is 0. The lowest BCUT2D eigenvalue weighted by atomic mass is 10.2. The van der Waals surface area contributed by atoms with E-state index in [1.807, 2.05) is 17.4 Å². The lowest BCUT2D eigenvalue weighted by Crippen LogP contribution is -2.39. The largest absolute Gasteiger partial charge is 0.351 e. The number of aromatic nitrogens is 2. The van der Waals surface area contributed by atoms with Gasteiger partial charge in [0, 0.05) is 36.8 Å². The van der Waals surface area contributed by atoms with Crippen molar-refractivity contribution in [2.24, 2.45) is 0 Å². The molecule has 2 aromatic rings. The fourth-order valence-corrected chi connectivity index (χ4v) is 3.44. The minimum absolute atomic E-state index is 0.551. The summed E-state index contributed by atoms with van der Waals surface area (Å²) < 4.78 is 0. The number of nitrogens with zero attached hydrogens (tertiary/aromatic N) is 3. The van der Waals surface area contributed by atoms with Crippen molar-refractivity contribution < 1.29 is 0 Å². The molecule has 0 unspecified atom stereocenters. The van der Waals surface area contributed by atoms with Gasteiger partial charge < -0.3 is 10.2 Å². The Morgan fingerprint density at radius 1 is 1.35 bits per heavy atom. The molecule has 0 radical (unpaired) electrons. The van der Waals surface area contributed by atoms with Crippen LogP contribution in [0.25, 0.3) is 0 Å². The van der Waals surface area contributed by atoms with Crippen molar-refractivity contribution in [1.29, 1.82) is 0 Å². The van der Waals surface area contributed by atoms with Gasteiger partial charge in [-0.1, -0.05) is 6.07 Å². The van der Waals surface area contributed by atoms with E-state index in [1.165, 1.54) is 17.7 Å². The Morgan fingerprint density at radius 3 is 3.15 bits per heavy atom. The number of nitrogens with one attached hydrogen (secondary N) is 1. The number of anilines is 1. The smallest absolute Gasteiger partial charge is 0.151 e. The molecule has 5 heteroatoms. The molecule has 0 spiro atoms. The molecule has 4 nitrogen and oxygen atoms in total. The molecular formula is C15H20N4S. The fourth-order valence-electron chi connectivity index (χ4n) is 2.73. The summed E-state index contributed by atoms with van der Waals surface area (Å²) in [4.78, 5) is 3.83. The van der Waals surface area contributed by atoms with Gasteiger partial charge in [0.05, 0.1) is 0 Å². The number of hydrogen-bond acceptors (Lipinski definition) is 5. The highest BCUT2D eigenvalue weighted by Crippen LogP contribution is 2.22. The van der Waals surface area contributed by atoms with Gasteiger partial charge in [-0.25, -0.2) is 0 Å². The van der Waals surface area contributed by atoms with Crippen molar-refractivity contribution in [3.63, 3.8) is 0 Å². The zero-order chi connectivity index (χ0) is 13.6. The molecule has 0 aromatic carbocycles. The second kappa shape index (κ2) is 6.81. The van der Waals surface area contributed by atoms with Gasteiger partial charge in [-0.3, -0.25) is 0 Å². The maximum Gasteiger partial charge on any atom is 0.151 e. The van der Waals surface area contributed by atoms with Crippen LogP contribution >= 0.6 is 11.3 Å². The van der Waals surface area contributed by atoms with Gasteiger partial charge in [0.25, 0.3) is 0 Å². The predicted molar refractivity (Wildman–Crippen MR) is 83.3 cm³/mol. The van der Waals surface area contributed by atoms with Gasteiger partial charge in [0.2, 0.25) is 0 Å². The Balaban J connectivity index is 1.47. The summed E-state index contributed by atoms with van der Waals surface area (Å²) in [5, 5.41) is 13.9. The first kappa shape index (κ1) is 13.5. The third kappa shape index (κ3) is 3.35. The third-order valence-corrected chi connectivity index (χ3v) is 4.67. The van der Waals surface area contributed by atoms with E-state index >= 15 is 0 Å². The molecular weight excluding hydrogens is 268 g/mol. The van der Waals surface area contributed by atoms with Gasteiger partial charge in [-0.2, -0.15) is 5.10 Å². The molecule has 2 aromatic heterocycles. The molecule has 1 atom stereocenters. The zero-order valence-corrected chi connectivity index (χ0v) is 12.4. The predicted octanol–water partition coefficient (Wildman–Crippen LogP) is 2.34. The molecule has 1 saturated heterocycles. The van der Waals surface area contributed by atoms with Gasteiger partial charge in [-0.05, 0) is 42.8 Å². The van der Waals surface area contributed by atoms with Gasteiger partial charge >= 0.3 is 0 Å². The summed E-state index contributed by atoms with van der Waals surface area (Å²) in [6.45, 7) is 3.17. The van der Waals surface area contributed by atoms with Crippen molar-refractivity contribution in [3.8, 4) is 0 Å². The summed E-state index contributed by atoms with van der Waals surface area (Å²) in [6.07, 6.45) is 5.33. The highest BCUT2D eigenvalue weighted by Gasteiger charge is 2.25. The maximum absolute atomic E-state index is 4.23. The van der Waals surface area contributed by atoms with E-state index in [0.717, 1.165) is 31.9 Å². The average Bonchev–Trinajstić information content (AvgIpc) is 3.16. The molecule has 0 bridgehead atoms. The van der Waals surface area contributed by atoms with Crippen LogP contribution in [0.1, 0.15) is 17.7 Å². The molecule has 1 fully saturated rings. The Morgan fingerprint density at radius 2 is 2.35 bits per heavy atom. The van der Waals surface area contributed by atoms with Crippen molar-refractivity contribution in [2.45, 2.75) is 25.3 Å². The van der Waals surface area contributed by atoms with Crippen LogP contribution in [0, 0.1) is 0 Å². The standard InChI is InChI=1S/C15H20N4S/c1-6-15(18-17-8-1)19-10-2-4-13(19)12-16-9-7-14-5-3-11-20-14/h1,3,5-6,8,11,13,16H,2,4,7,9-10,12H2/t13-/m0/s1. The normalized spacial score (nSPS) is 18.6. The second-order valence-electron chi connectivity index (χ2n) is 5.10. The zero-order valence-electron chi connectivity index (χ0n) is 11.5. The summed E-state index contributed by atoms with van der Waals surface area (Å²) >= 11 is 1.83. The molecule has 1 aliphatic heterocycles. The first-order valence-corrected chi connectivity index (χ1v) is 8.09. The van der Waals surface area contributed by atoms with Crippen molar-refractivity contribution in [2.75, 3.05) is 24.5 Å². The SMILES string of the molecule is c1cnnc(N2CCC[C@H]2CNCCc2cccs2)c1. The third-order valence-electron chi connectivity index (χ3n) is 3.74. The van der Waals surface area contributed by atoms with E-state index in [0.29, 0.717) is 6.04 Å². The molecule has 1 N–H and O–H groups in total. The van der Waals surface area contributed by atoms with E-state index in [4.69, 9.17) is 0 Å². The van der Waals surface area contributed by atoms with Gasteiger partial charge in [-0.15, -0.1) is 16.4 Å². The number of thiophene rings is 1. The number of rotatable bonds is 6. The van der Waals surface area contributed by atoms with E-state index in [1.54, 1.807) is 6.20 Å². The molecule has 0 aliphatic carbocycles. The first-order valence-electron chi connectivity index (χ1n) is 7.21. The summed E-state index contributed by atoms with van der Waals surface area (Å²) in [6, 6.07) is 8.88. The van der Waals surface area contributed by atoms with Crippen LogP contribution < -0.4 is 10.2 Å². The Labute approximate surface area is 123 Å². The van der Waals surface area contributed by atoms with Gasteiger partial charge in [0.1, 0.15) is 0 Å². The quantitative estimate of drug-likeness (QED) is 0.828. The van der Waals surface area contributed by atoms with Crippen LogP contribution in [-0.4, -0.2) is 35.9 Å². The van der Waals surface area contributed by atoms with Crippen LogP contribution in [0.4, 0.5) is 5.82 Å². The topological polar surface area (TPSA) is 41.1 Å². The molecule has 0 amide bonds. The Hall–Kier alpha value is -1.46. The monoisotopic (exact) mass is 288 g/mol. The second-order valence-corrected chi connectivity index (χ2v) is 6.14. The average molecular weight is 288 g/mol. The molecule has 20 heavy (non-hydrogen) atoms. The maximum atomic E-state index is 4.23. The van der Waals surface area contributed by atoms with Crippen LogP contribution in [0.3, 0.4) is 0 Å². The Kier molecular flexibility index (Phi) is 4.61. The molecule has 0 saturated carbocycles. The summed E-state index contributed by atoms with van der Waals surface area (Å²) in [5.41, 5.74) is 0. The van der Waals surface area contributed by atoms with Crippen LogP contribution in [0.5, 0.6) is 0 Å². The van der Waals surface area contributed by atoms with Crippen molar-refractivity contribution in [3.05, 3.63) is 40.7 Å². The molecule has 1 aliphatic rings. The number of hydrogen-bond donors (Lipinski definition) is 1. The van der Waals surface area contributed by atoms with Crippen LogP contribution in [0.15, 0.2) is 35.8 Å². The van der Waals surface area contributed by atoms with E-state index < -0.39 is 0 Å². The lowest BCUT2D eigenvalue weighted by molar-refractivity contribution is 0.572. The lowest BCUT2D eigenvalue weighted by Gasteiger charge is -2.25. The minimum Gasteiger partial charge on any atom is -0.351 e. The fraction of sp³-hybridized carbons (Fsp3) is 0.467. The van der Waals surface area contributed by atoms with Gasteiger partial charge in [0.15, 0.2) is 5.82 Å². The molecule has 3 heterocycles. The highest BCUT2D eigenvalue weighted by molar-refractivity contribution is 7.09. The van der Waals surface area contributed by atoms with E-state index in [9.17, 15) is 0 Å². The van der Waals surface area contributed by atoms with Crippen molar-refractivity contribution in [1.82, 2.24) is 15.5 Å².